The fraction of sp³-hybridized carbons (Fsp3) is 0.385. The molecule has 1 atom stereocenters. The van der Waals surface area contributed by atoms with Crippen LogP contribution in [0.3, 0.4) is 0 Å². The van der Waals surface area contributed by atoms with Crippen molar-refractivity contribution in [1.29, 1.82) is 0 Å². The van der Waals surface area contributed by atoms with E-state index in [0.29, 0.717) is 6.42 Å². The zero-order valence-electron chi connectivity index (χ0n) is 9.91. The third kappa shape index (κ3) is 3.19. The van der Waals surface area contributed by atoms with E-state index in [1.54, 1.807) is 6.92 Å². The lowest BCUT2D eigenvalue weighted by atomic mass is 9.89. The van der Waals surface area contributed by atoms with E-state index in [1.807, 2.05) is 30.3 Å². The van der Waals surface area contributed by atoms with Gasteiger partial charge in [-0.05, 0) is 19.4 Å². The number of nitrogens with one attached hydrogen (secondary N) is 1. The maximum absolute atomic E-state index is 11.6. The minimum absolute atomic E-state index is 0.0356. The predicted molar refractivity (Wildman–Crippen MR) is 63.0 cm³/mol. The molecule has 3 nitrogen and oxygen atoms in total. The molecular weight excluding hydrogens is 202 g/mol. The summed E-state index contributed by atoms with van der Waals surface area (Å²) in [6, 6.07) is 9.66. The van der Waals surface area contributed by atoms with Crippen LogP contribution >= 0.6 is 0 Å². The molecular formula is C13H17NO2. The Labute approximate surface area is 95.9 Å². The Bertz CT molecular complexity index is 386. The second kappa shape index (κ2) is 4.92. The average Bonchev–Trinajstić information content (AvgIpc) is 2.17. The van der Waals surface area contributed by atoms with Gasteiger partial charge in [-0.1, -0.05) is 30.3 Å². The van der Waals surface area contributed by atoms with Gasteiger partial charge in [-0.2, -0.15) is 0 Å². The highest BCUT2D eigenvalue weighted by atomic mass is 16.2. The zero-order valence-corrected chi connectivity index (χ0v) is 9.91. The zero-order chi connectivity index (χ0) is 12.2. The molecule has 0 radical (unpaired) electrons. The number of hydrogen-bond acceptors (Lipinski definition) is 2. The summed E-state index contributed by atoms with van der Waals surface area (Å²) < 4.78 is 0. The number of rotatable bonds is 4. The molecule has 16 heavy (non-hydrogen) atoms. The molecule has 1 aromatic carbocycles. The summed E-state index contributed by atoms with van der Waals surface area (Å²) in [5, 5.41) is 2.72. The first-order valence-electron chi connectivity index (χ1n) is 5.28. The van der Waals surface area contributed by atoms with Crippen molar-refractivity contribution in [2.45, 2.75) is 32.7 Å². The molecule has 0 aromatic heterocycles. The number of amides is 1. The third-order valence-electron chi connectivity index (χ3n) is 2.63. The van der Waals surface area contributed by atoms with Crippen molar-refractivity contribution in [3.05, 3.63) is 35.9 Å². The number of carbonyl (C=O) groups is 2. The standard InChI is InChI=1S/C13H17NO2/c1-10(15)13(3,14-11(2)16)9-12-7-5-4-6-8-12/h4-8H,9H2,1-3H3,(H,14,16)/t13-/m1/s1. The van der Waals surface area contributed by atoms with E-state index in [2.05, 4.69) is 5.32 Å². The van der Waals surface area contributed by atoms with Gasteiger partial charge in [0, 0.05) is 13.3 Å². The van der Waals surface area contributed by atoms with Crippen molar-refractivity contribution in [1.82, 2.24) is 5.32 Å². The molecule has 1 N–H and O–H groups in total. The highest BCUT2D eigenvalue weighted by Gasteiger charge is 2.30. The van der Waals surface area contributed by atoms with Gasteiger partial charge >= 0.3 is 0 Å². The summed E-state index contributed by atoms with van der Waals surface area (Å²) in [6.07, 6.45) is 0.517. The Morgan fingerprint density at radius 3 is 2.19 bits per heavy atom. The minimum Gasteiger partial charge on any atom is -0.344 e. The van der Waals surface area contributed by atoms with E-state index in [9.17, 15) is 9.59 Å². The molecule has 0 aliphatic heterocycles. The van der Waals surface area contributed by atoms with Crippen molar-refractivity contribution in [2.75, 3.05) is 0 Å². The van der Waals surface area contributed by atoms with Gasteiger partial charge in [0.2, 0.25) is 5.91 Å². The SMILES string of the molecule is CC(=O)N[C@](C)(Cc1ccccc1)C(C)=O. The van der Waals surface area contributed by atoms with E-state index in [1.165, 1.54) is 13.8 Å². The molecule has 0 unspecified atom stereocenters. The molecule has 0 heterocycles. The van der Waals surface area contributed by atoms with Crippen LogP contribution < -0.4 is 5.32 Å². The second-order valence-electron chi connectivity index (χ2n) is 4.23. The summed E-state index contributed by atoms with van der Waals surface area (Å²) >= 11 is 0. The number of Topliss-reactive ketones (excluding diaryl/α,β-unsaturated/α-hetero) is 1. The molecule has 86 valence electrons. The molecule has 1 aromatic rings. The Balaban J connectivity index is 2.87. The molecule has 1 rings (SSSR count). The molecule has 0 aliphatic rings. The Hall–Kier alpha value is -1.64. The lowest BCUT2D eigenvalue weighted by Crippen LogP contribution is -2.52. The summed E-state index contributed by atoms with van der Waals surface area (Å²) in [5.74, 6) is -0.222. The minimum atomic E-state index is -0.812. The molecule has 0 fully saturated rings. The van der Waals surface area contributed by atoms with Gasteiger partial charge in [-0.15, -0.1) is 0 Å². The largest absolute Gasteiger partial charge is 0.344 e. The van der Waals surface area contributed by atoms with Crippen LogP contribution in [-0.2, 0) is 16.0 Å². The van der Waals surface area contributed by atoms with E-state index >= 15 is 0 Å². The predicted octanol–water partition coefficient (Wildman–Crippen LogP) is 1.71. The highest BCUT2D eigenvalue weighted by Crippen LogP contribution is 2.14. The first kappa shape index (κ1) is 12.4. The first-order valence-corrected chi connectivity index (χ1v) is 5.28. The van der Waals surface area contributed by atoms with Crippen LogP contribution in [0.1, 0.15) is 26.3 Å². The fourth-order valence-electron chi connectivity index (χ4n) is 1.65. The van der Waals surface area contributed by atoms with Gasteiger partial charge in [-0.25, -0.2) is 0 Å². The summed E-state index contributed by atoms with van der Waals surface area (Å²) in [7, 11) is 0. The van der Waals surface area contributed by atoms with Crippen LogP contribution in [0.25, 0.3) is 0 Å². The van der Waals surface area contributed by atoms with Crippen molar-refractivity contribution in [3.8, 4) is 0 Å². The summed E-state index contributed by atoms with van der Waals surface area (Å²) in [5.41, 5.74) is 0.224. The average molecular weight is 219 g/mol. The molecule has 0 saturated heterocycles. The number of ketones is 1. The summed E-state index contributed by atoms with van der Waals surface area (Å²) in [4.78, 5) is 22.7. The lowest BCUT2D eigenvalue weighted by molar-refractivity contribution is -0.129. The Morgan fingerprint density at radius 2 is 1.75 bits per heavy atom. The van der Waals surface area contributed by atoms with Gasteiger partial charge in [0.05, 0.1) is 5.54 Å². The maximum Gasteiger partial charge on any atom is 0.217 e. The smallest absolute Gasteiger partial charge is 0.217 e. The van der Waals surface area contributed by atoms with E-state index < -0.39 is 5.54 Å². The van der Waals surface area contributed by atoms with Gasteiger partial charge < -0.3 is 5.32 Å². The van der Waals surface area contributed by atoms with E-state index in [0.717, 1.165) is 5.56 Å². The van der Waals surface area contributed by atoms with Crippen molar-refractivity contribution < 1.29 is 9.59 Å². The number of carbonyl (C=O) groups excluding carboxylic acids is 2. The summed E-state index contributed by atoms with van der Waals surface area (Å²) in [6.45, 7) is 4.68. The van der Waals surface area contributed by atoms with Crippen molar-refractivity contribution >= 4 is 11.7 Å². The van der Waals surface area contributed by atoms with E-state index in [4.69, 9.17) is 0 Å². The van der Waals surface area contributed by atoms with Crippen LogP contribution in [-0.4, -0.2) is 17.2 Å². The monoisotopic (exact) mass is 219 g/mol. The Morgan fingerprint density at radius 1 is 1.19 bits per heavy atom. The lowest BCUT2D eigenvalue weighted by Gasteiger charge is -2.27. The number of benzene rings is 1. The van der Waals surface area contributed by atoms with Gasteiger partial charge in [0.1, 0.15) is 0 Å². The molecule has 0 saturated carbocycles. The van der Waals surface area contributed by atoms with Gasteiger partial charge in [-0.3, -0.25) is 9.59 Å². The van der Waals surface area contributed by atoms with Crippen LogP contribution in [0.4, 0.5) is 0 Å². The normalized spacial score (nSPS) is 13.9. The molecule has 3 heteroatoms. The van der Waals surface area contributed by atoms with Crippen molar-refractivity contribution in [2.24, 2.45) is 0 Å². The quantitative estimate of drug-likeness (QED) is 0.838. The first-order chi connectivity index (χ1) is 7.44. The van der Waals surface area contributed by atoms with Crippen LogP contribution in [0.2, 0.25) is 0 Å². The maximum atomic E-state index is 11.6. The molecule has 0 bridgehead atoms. The van der Waals surface area contributed by atoms with Gasteiger partial charge in [0.25, 0.3) is 0 Å². The van der Waals surface area contributed by atoms with Crippen LogP contribution in [0, 0.1) is 0 Å². The third-order valence-corrected chi connectivity index (χ3v) is 2.63. The molecule has 1 amide bonds. The van der Waals surface area contributed by atoms with Crippen LogP contribution in [0.15, 0.2) is 30.3 Å². The van der Waals surface area contributed by atoms with E-state index in [-0.39, 0.29) is 11.7 Å². The number of hydrogen-bond donors (Lipinski definition) is 1. The molecule has 0 spiro atoms. The topological polar surface area (TPSA) is 46.2 Å². The van der Waals surface area contributed by atoms with Crippen LogP contribution in [0.5, 0.6) is 0 Å². The second-order valence-corrected chi connectivity index (χ2v) is 4.23. The van der Waals surface area contributed by atoms with Crippen molar-refractivity contribution in [3.63, 3.8) is 0 Å². The fourth-order valence-corrected chi connectivity index (χ4v) is 1.65. The highest BCUT2D eigenvalue weighted by molar-refractivity contribution is 5.90. The molecule has 0 aliphatic carbocycles. The Kier molecular flexibility index (Phi) is 3.82. The van der Waals surface area contributed by atoms with Gasteiger partial charge in [0.15, 0.2) is 5.78 Å².